The monoisotopic (exact) mass is 195 g/mol. The molecule has 70 valence electrons. The molecule has 1 saturated carbocycles. The molecular weight excluding hydrogens is 180 g/mol. The van der Waals surface area contributed by atoms with Gasteiger partial charge in [-0.05, 0) is 25.0 Å². The highest BCUT2D eigenvalue weighted by Gasteiger charge is 2.05. The van der Waals surface area contributed by atoms with Gasteiger partial charge in [-0.25, -0.2) is 0 Å². The molecule has 1 aliphatic rings. The van der Waals surface area contributed by atoms with E-state index in [2.05, 4.69) is 0 Å². The smallest absolute Gasteiger partial charge is 0.211 e. The van der Waals surface area contributed by atoms with Gasteiger partial charge in [0.15, 0.2) is 10.8 Å². The van der Waals surface area contributed by atoms with Crippen molar-refractivity contribution >= 4 is 17.1 Å². The number of hydrogen-bond donors (Lipinski definition) is 0. The molecule has 0 bridgehead atoms. The number of rotatable bonds is 0. The average Bonchev–Trinajstić information content (AvgIpc) is 2.22. The van der Waals surface area contributed by atoms with Gasteiger partial charge in [0, 0.05) is 12.8 Å². The maximum atomic E-state index is 10.5. The lowest BCUT2D eigenvalue weighted by molar-refractivity contribution is -0.120. The Balaban J connectivity index is 0.000000132. The summed E-state index contributed by atoms with van der Waals surface area (Å²) in [5.74, 6) is 0.464. The summed E-state index contributed by atoms with van der Waals surface area (Å²) in [6.07, 6.45) is 5.24. The van der Waals surface area contributed by atoms with Gasteiger partial charge in [-0.3, -0.25) is 4.79 Å². The topological polar surface area (TPSA) is 17.1 Å². The molecule has 0 aliphatic heterocycles. The lowest BCUT2D eigenvalue weighted by Crippen LogP contribution is -2.02. The minimum absolute atomic E-state index is 0.464. The fourth-order valence-electron chi connectivity index (χ4n) is 1.24. The van der Waals surface area contributed by atoms with E-state index in [1.54, 1.807) is 11.3 Å². The molecule has 2 heteroatoms. The molecule has 1 aromatic heterocycles. The first-order valence-corrected chi connectivity index (χ1v) is 5.66. The van der Waals surface area contributed by atoms with Gasteiger partial charge in [0.05, 0.1) is 0 Å². The van der Waals surface area contributed by atoms with Gasteiger partial charge < -0.3 is 0 Å². The second-order valence-electron chi connectivity index (χ2n) is 3.08. The van der Waals surface area contributed by atoms with Crippen LogP contribution in [0.2, 0.25) is 0 Å². The number of carbonyl (C=O) groups excluding carboxylic acids is 1. The number of carbonyl (C=O) groups is 1. The minimum Gasteiger partial charge on any atom is -0.300 e. The molecule has 0 unspecified atom stereocenters. The predicted molar refractivity (Wildman–Crippen MR) is 56.8 cm³/mol. The first-order chi connectivity index (χ1) is 6.39. The number of ketones is 1. The lowest BCUT2D eigenvalue weighted by Gasteiger charge is -2.05. The van der Waals surface area contributed by atoms with E-state index in [4.69, 9.17) is 0 Å². The highest BCUT2D eigenvalue weighted by atomic mass is 32.1. The second kappa shape index (κ2) is 6.72. The predicted octanol–water partition coefficient (Wildman–Crippen LogP) is 3.55. The summed E-state index contributed by atoms with van der Waals surface area (Å²) in [5.41, 5.74) is 0. The van der Waals surface area contributed by atoms with Crippen molar-refractivity contribution in [1.29, 1.82) is 0 Å². The van der Waals surface area contributed by atoms with Crippen LogP contribution in [0.15, 0.2) is 29.0 Å². The molecular formula is C11H15OS+. The van der Waals surface area contributed by atoms with E-state index in [1.807, 2.05) is 29.0 Å². The standard InChI is InChI=1S/C6H10O.C5H5S/c7-6-4-2-1-3-5-6;1-2-4-6-5-3-1/h1-5H2;1-5H/q;+1. The lowest BCUT2D eigenvalue weighted by atomic mass is 10.00. The van der Waals surface area contributed by atoms with Crippen LogP contribution in [0.3, 0.4) is 0 Å². The average molecular weight is 195 g/mol. The summed E-state index contributed by atoms with van der Waals surface area (Å²) >= 11 is 1.70. The summed E-state index contributed by atoms with van der Waals surface area (Å²) in [4.78, 5) is 10.5. The van der Waals surface area contributed by atoms with Crippen LogP contribution in [0.5, 0.6) is 0 Å². The molecule has 1 fully saturated rings. The highest BCUT2D eigenvalue weighted by Crippen LogP contribution is 2.12. The first kappa shape index (κ1) is 10.3. The Kier molecular flexibility index (Phi) is 5.34. The SMILES string of the molecule is O=C1CCCCC1.c1cc[s+]cc1. The third-order valence-electron chi connectivity index (χ3n) is 1.95. The van der Waals surface area contributed by atoms with Crippen molar-refractivity contribution in [2.24, 2.45) is 0 Å². The summed E-state index contributed by atoms with van der Waals surface area (Å²) in [6.45, 7) is 0. The van der Waals surface area contributed by atoms with Gasteiger partial charge in [-0.1, -0.05) is 12.5 Å². The molecule has 0 spiro atoms. The van der Waals surface area contributed by atoms with Crippen LogP contribution in [0, 0.1) is 0 Å². The molecule has 0 N–H and O–H groups in total. The Hall–Kier alpha value is -0.760. The van der Waals surface area contributed by atoms with Crippen LogP contribution in [-0.2, 0) is 4.79 Å². The van der Waals surface area contributed by atoms with Gasteiger partial charge >= 0.3 is 0 Å². The zero-order valence-electron chi connectivity index (χ0n) is 7.74. The summed E-state index contributed by atoms with van der Waals surface area (Å²) < 4.78 is 0. The third kappa shape index (κ3) is 5.47. The van der Waals surface area contributed by atoms with Gasteiger partial charge in [-0.15, -0.1) is 0 Å². The number of hydrogen-bond acceptors (Lipinski definition) is 1. The second-order valence-corrected chi connectivity index (χ2v) is 3.90. The zero-order chi connectivity index (χ0) is 9.36. The van der Waals surface area contributed by atoms with Crippen molar-refractivity contribution in [3.05, 3.63) is 29.0 Å². The summed E-state index contributed by atoms with van der Waals surface area (Å²) in [6, 6.07) is 6.05. The van der Waals surface area contributed by atoms with Crippen LogP contribution in [-0.4, -0.2) is 5.78 Å². The van der Waals surface area contributed by atoms with Gasteiger partial charge in [-0.2, -0.15) is 0 Å². The fraction of sp³-hybridized carbons (Fsp3) is 0.455. The molecule has 0 atom stereocenters. The molecule has 0 aromatic carbocycles. The van der Waals surface area contributed by atoms with E-state index < -0.39 is 0 Å². The van der Waals surface area contributed by atoms with E-state index in [9.17, 15) is 4.79 Å². The summed E-state index contributed by atoms with van der Waals surface area (Å²) in [5, 5.41) is 4.08. The first-order valence-electron chi connectivity index (χ1n) is 4.72. The van der Waals surface area contributed by atoms with Gasteiger partial charge in [0.1, 0.15) is 5.78 Å². The Morgan fingerprint density at radius 2 is 1.54 bits per heavy atom. The Bertz CT molecular complexity index is 198. The molecule has 0 amide bonds. The van der Waals surface area contributed by atoms with Crippen molar-refractivity contribution in [3.63, 3.8) is 0 Å². The van der Waals surface area contributed by atoms with Crippen molar-refractivity contribution in [2.75, 3.05) is 0 Å². The zero-order valence-corrected chi connectivity index (χ0v) is 8.56. The maximum absolute atomic E-state index is 10.5. The van der Waals surface area contributed by atoms with E-state index in [0.717, 1.165) is 25.7 Å². The molecule has 0 saturated heterocycles. The van der Waals surface area contributed by atoms with Crippen molar-refractivity contribution in [2.45, 2.75) is 32.1 Å². The van der Waals surface area contributed by atoms with Crippen molar-refractivity contribution in [3.8, 4) is 0 Å². The molecule has 2 rings (SSSR count). The van der Waals surface area contributed by atoms with Crippen LogP contribution < -0.4 is 0 Å². The molecule has 1 heterocycles. The highest BCUT2D eigenvalue weighted by molar-refractivity contribution is 7.07. The van der Waals surface area contributed by atoms with Crippen molar-refractivity contribution in [1.82, 2.24) is 0 Å². The number of Topliss-reactive ketones (excluding diaryl/α,β-unsaturated/α-hetero) is 1. The molecule has 1 aromatic rings. The molecule has 1 nitrogen and oxygen atoms in total. The normalized spacial score (nSPS) is 15.8. The van der Waals surface area contributed by atoms with E-state index in [-0.39, 0.29) is 0 Å². The van der Waals surface area contributed by atoms with E-state index >= 15 is 0 Å². The molecule has 1 aliphatic carbocycles. The van der Waals surface area contributed by atoms with Crippen LogP contribution in [0.25, 0.3) is 0 Å². The van der Waals surface area contributed by atoms with Gasteiger partial charge in [0.2, 0.25) is 11.3 Å². The maximum Gasteiger partial charge on any atom is 0.211 e. The van der Waals surface area contributed by atoms with E-state index in [0.29, 0.717) is 5.78 Å². The Morgan fingerprint density at radius 1 is 0.923 bits per heavy atom. The van der Waals surface area contributed by atoms with Gasteiger partial charge in [0.25, 0.3) is 0 Å². The van der Waals surface area contributed by atoms with Crippen molar-refractivity contribution < 1.29 is 4.79 Å². The minimum atomic E-state index is 0.464. The quantitative estimate of drug-likeness (QED) is 0.579. The largest absolute Gasteiger partial charge is 0.300 e. The van der Waals surface area contributed by atoms with Crippen LogP contribution in [0.1, 0.15) is 32.1 Å². The van der Waals surface area contributed by atoms with Crippen LogP contribution in [0.4, 0.5) is 0 Å². The fourth-order valence-corrected chi connectivity index (χ4v) is 1.69. The Morgan fingerprint density at radius 3 is 1.77 bits per heavy atom. The van der Waals surface area contributed by atoms with E-state index in [1.165, 1.54) is 6.42 Å². The Labute approximate surface area is 83.4 Å². The van der Waals surface area contributed by atoms with Crippen LogP contribution >= 0.6 is 11.3 Å². The molecule has 0 radical (unpaired) electrons. The third-order valence-corrected chi connectivity index (χ3v) is 2.58. The summed E-state index contributed by atoms with van der Waals surface area (Å²) in [7, 11) is 0. The molecule has 13 heavy (non-hydrogen) atoms.